The minimum atomic E-state index is -4.03. The van der Waals surface area contributed by atoms with E-state index >= 15 is 0 Å². The van der Waals surface area contributed by atoms with Gasteiger partial charge in [-0.05, 0) is 47.8 Å². The highest BCUT2D eigenvalue weighted by molar-refractivity contribution is 7.87. The molecule has 0 amide bonds. The number of hydrogen-bond donors (Lipinski definition) is 0. The second-order valence-electron chi connectivity index (χ2n) is 5.60. The van der Waals surface area contributed by atoms with Crippen LogP contribution in [0.2, 0.25) is 5.02 Å². The van der Waals surface area contributed by atoms with E-state index in [0.717, 1.165) is 4.88 Å². The molecule has 0 aliphatic carbocycles. The zero-order valence-electron chi connectivity index (χ0n) is 13.6. The SMILES string of the molecule is O=C1/C(=C/c2cccs2)Oc2cc(OS(=O)(=O)c3ccc(Cl)cc3)ccc21. The van der Waals surface area contributed by atoms with E-state index in [1.54, 1.807) is 6.08 Å². The summed E-state index contributed by atoms with van der Waals surface area (Å²) in [4.78, 5) is 13.3. The summed E-state index contributed by atoms with van der Waals surface area (Å²) in [7, 11) is -4.03. The molecule has 1 aromatic heterocycles. The number of benzene rings is 2. The Balaban J connectivity index is 1.60. The van der Waals surface area contributed by atoms with Gasteiger partial charge >= 0.3 is 10.1 Å². The van der Waals surface area contributed by atoms with Crippen LogP contribution in [0.5, 0.6) is 11.5 Å². The van der Waals surface area contributed by atoms with Crippen molar-refractivity contribution in [3.8, 4) is 11.5 Å². The molecule has 136 valence electrons. The van der Waals surface area contributed by atoms with E-state index in [1.807, 2.05) is 17.5 Å². The van der Waals surface area contributed by atoms with E-state index in [0.29, 0.717) is 10.6 Å². The van der Waals surface area contributed by atoms with Gasteiger partial charge in [0.05, 0.1) is 5.56 Å². The molecule has 2 aromatic carbocycles. The van der Waals surface area contributed by atoms with E-state index in [2.05, 4.69) is 0 Å². The summed E-state index contributed by atoms with van der Waals surface area (Å²) in [5.41, 5.74) is 0.356. The van der Waals surface area contributed by atoms with Crippen LogP contribution in [0.1, 0.15) is 15.2 Å². The van der Waals surface area contributed by atoms with Crippen LogP contribution in [-0.2, 0) is 10.1 Å². The average Bonchev–Trinajstić information content (AvgIpc) is 3.24. The van der Waals surface area contributed by atoms with E-state index in [-0.39, 0.29) is 27.9 Å². The third-order valence-corrected chi connectivity index (χ3v) is 6.10. The minimum Gasteiger partial charge on any atom is -0.452 e. The third-order valence-electron chi connectivity index (χ3n) is 3.77. The van der Waals surface area contributed by atoms with Crippen molar-refractivity contribution in [1.29, 1.82) is 0 Å². The molecule has 0 spiro atoms. The molecule has 1 aliphatic heterocycles. The number of ether oxygens (including phenoxy) is 1. The van der Waals surface area contributed by atoms with Crippen molar-refractivity contribution in [1.82, 2.24) is 0 Å². The summed E-state index contributed by atoms with van der Waals surface area (Å²) in [6, 6.07) is 13.7. The van der Waals surface area contributed by atoms with E-state index in [4.69, 9.17) is 20.5 Å². The second kappa shape index (κ2) is 6.84. The van der Waals surface area contributed by atoms with Crippen LogP contribution in [0.4, 0.5) is 0 Å². The normalized spacial score (nSPS) is 14.9. The number of allylic oxidation sites excluding steroid dienone is 1. The van der Waals surface area contributed by atoms with Gasteiger partial charge in [-0.15, -0.1) is 11.3 Å². The molecule has 0 atom stereocenters. The lowest BCUT2D eigenvalue weighted by molar-refractivity contribution is 0.101. The maximum atomic E-state index is 12.4. The number of hydrogen-bond acceptors (Lipinski definition) is 6. The Kier molecular flexibility index (Phi) is 4.51. The Morgan fingerprint density at radius 2 is 1.85 bits per heavy atom. The fourth-order valence-electron chi connectivity index (χ4n) is 2.50. The summed E-state index contributed by atoms with van der Waals surface area (Å²) < 4.78 is 35.5. The molecule has 8 heteroatoms. The van der Waals surface area contributed by atoms with Gasteiger partial charge in [-0.25, -0.2) is 0 Å². The molecule has 5 nitrogen and oxygen atoms in total. The van der Waals surface area contributed by atoms with Crippen molar-refractivity contribution in [3.05, 3.63) is 81.2 Å². The Morgan fingerprint density at radius 3 is 2.56 bits per heavy atom. The summed E-state index contributed by atoms with van der Waals surface area (Å²) in [5.74, 6) is 0.233. The number of rotatable bonds is 4. The summed E-state index contributed by atoms with van der Waals surface area (Å²) >= 11 is 7.25. The number of Topliss-reactive ketones (excluding diaryl/α,β-unsaturated/α-hetero) is 1. The number of carbonyl (C=O) groups is 1. The van der Waals surface area contributed by atoms with Crippen LogP contribution in [-0.4, -0.2) is 14.2 Å². The number of thiophene rings is 1. The van der Waals surface area contributed by atoms with Gasteiger partial charge in [0, 0.05) is 22.0 Å². The predicted molar refractivity (Wildman–Crippen MR) is 103 cm³/mol. The molecular formula is C19H11ClO5S2. The van der Waals surface area contributed by atoms with Crippen LogP contribution in [0, 0.1) is 0 Å². The Bertz CT molecular complexity index is 1150. The monoisotopic (exact) mass is 418 g/mol. The maximum absolute atomic E-state index is 12.4. The van der Waals surface area contributed by atoms with Gasteiger partial charge in [0.1, 0.15) is 16.4 Å². The van der Waals surface area contributed by atoms with Gasteiger partial charge < -0.3 is 8.92 Å². The van der Waals surface area contributed by atoms with Crippen LogP contribution in [0.25, 0.3) is 6.08 Å². The van der Waals surface area contributed by atoms with Crippen LogP contribution in [0.3, 0.4) is 0 Å². The average molecular weight is 419 g/mol. The molecule has 0 fully saturated rings. The molecule has 0 saturated carbocycles. The van der Waals surface area contributed by atoms with Crippen molar-refractivity contribution in [3.63, 3.8) is 0 Å². The van der Waals surface area contributed by atoms with E-state index < -0.39 is 10.1 Å². The summed E-state index contributed by atoms with van der Waals surface area (Å²) in [6.45, 7) is 0. The summed E-state index contributed by atoms with van der Waals surface area (Å²) in [5, 5.41) is 2.32. The number of carbonyl (C=O) groups excluding carboxylic acids is 1. The number of fused-ring (bicyclic) bond motifs is 1. The first-order valence-electron chi connectivity index (χ1n) is 7.74. The smallest absolute Gasteiger partial charge is 0.339 e. The van der Waals surface area contributed by atoms with Gasteiger partial charge in [0.15, 0.2) is 5.76 Å². The number of halogens is 1. The predicted octanol–water partition coefficient (Wildman–Crippen LogP) is 4.79. The summed E-state index contributed by atoms with van der Waals surface area (Å²) in [6.07, 6.45) is 1.65. The molecule has 0 N–H and O–H groups in total. The molecule has 4 rings (SSSR count). The van der Waals surface area contributed by atoms with Gasteiger partial charge in [-0.3, -0.25) is 4.79 Å². The van der Waals surface area contributed by atoms with Crippen molar-refractivity contribution in [2.75, 3.05) is 0 Å². The highest BCUT2D eigenvalue weighted by atomic mass is 35.5. The van der Waals surface area contributed by atoms with E-state index in [1.165, 1.54) is 53.8 Å². The largest absolute Gasteiger partial charge is 0.452 e. The number of ketones is 1. The fraction of sp³-hybridized carbons (Fsp3) is 0. The van der Waals surface area contributed by atoms with E-state index in [9.17, 15) is 13.2 Å². The first-order valence-corrected chi connectivity index (χ1v) is 10.4. The lowest BCUT2D eigenvalue weighted by Crippen LogP contribution is -2.09. The highest BCUT2D eigenvalue weighted by Crippen LogP contribution is 2.36. The lowest BCUT2D eigenvalue weighted by Gasteiger charge is -2.08. The maximum Gasteiger partial charge on any atom is 0.339 e. The van der Waals surface area contributed by atoms with Crippen molar-refractivity contribution in [2.45, 2.75) is 4.90 Å². The lowest BCUT2D eigenvalue weighted by atomic mass is 10.1. The quantitative estimate of drug-likeness (QED) is 0.450. The van der Waals surface area contributed by atoms with Crippen LogP contribution >= 0.6 is 22.9 Å². The molecule has 0 bridgehead atoms. The zero-order valence-corrected chi connectivity index (χ0v) is 16.0. The van der Waals surface area contributed by atoms with Crippen LogP contribution in [0.15, 0.2) is 70.6 Å². The van der Waals surface area contributed by atoms with Gasteiger partial charge in [-0.1, -0.05) is 17.7 Å². The van der Waals surface area contributed by atoms with Crippen LogP contribution < -0.4 is 8.92 Å². The zero-order chi connectivity index (χ0) is 19.0. The molecule has 2 heterocycles. The van der Waals surface area contributed by atoms with Gasteiger partial charge in [0.25, 0.3) is 0 Å². The second-order valence-corrected chi connectivity index (χ2v) is 8.57. The molecule has 0 unspecified atom stereocenters. The van der Waals surface area contributed by atoms with Crippen molar-refractivity contribution < 1.29 is 22.1 Å². The molecule has 3 aromatic rings. The van der Waals surface area contributed by atoms with Crippen molar-refractivity contribution in [2.24, 2.45) is 0 Å². The Hall–Kier alpha value is -2.61. The first-order chi connectivity index (χ1) is 12.9. The standard InChI is InChI=1S/C19H11ClO5S2/c20-12-3-6-15(7-4-12)27(22,23)25-13-5-8-16-17(10-13)24-18(19(16)21)11-14-2-1-9-26-14/h1-11H/b18-11-. The molecule has 0 saturated heterocycles. The minimum absolute atomic E-state index is 0.0253. The Morgan fingerprint density at radius 1 is 1.07 bits per heavy atom. The molecular weight excluding hydrogens is 408 g/mol. The first kappa shape index (κ1) is 17.8. The highest BCUT2D eigenvalue weighted by Gasteiger charge is 2.28. The topological polar surface area (TPSA) is 69.7 Å². The molecule has 1 aliphatic rings. The fourth-order valence-corrected chi connectivity index (χ4v) is 4.19. The third kappa shape index (κ3) is 3.62. The molecule has 27 heavy (non-hydrogen) atoms. The van der Waals surface area contributed by atoms with Gasteiger partial charge in [-0.2, -0.15) is 8.42 Å². The Labute approximate surface area is 164 Å². The molecule has 0 radical (unpaired) electrons. The van der Waals surface area contributed by atoms with Gasteiger partial charge in [0.2, 0.25) is 5.78 Å². The van der Waals surface area contributed by atoms with Crippen molar-refractivity contribution >= 4 is 44.9 Å².